The normalized spacial score (nSPS) is 10.7. The first-order chi connectivity index (χ1) is 7.22. The first kappa shape index (κ1) is 11.9. The van der Waals surface area contributed by atoms with Gasteiger partial charge in [-0.1, -0.05) is 13.8 Å². The summed E-state index contributed by atoms with van der Waals surface area (Å²) in [6, 6.07) is 3.93. The molecule has 4 nitrogen and oxygen atoms in total. The first-order valence-corrected chi connectivity index (χ1v) is 5.39. The number of rotatable bonds is 6. The zero-order valence-corrected chi connectivity index (χ0v) is 9.40. The van der Waals surface area contributed by atoms with Crippen LogP contribution in [0, 0.1) is 5.92 Å². The van der Waals surface area contributed by atoms with Crippen molar-refractivity contribution in [3.05, 3.63) is 17.8 Å². The number of hydrogen-bond acceptors (Lipinski definition) is 4. The Morgan fingerprint density at radius 2 is 2.13 bits per heavy atom. The predicted molar refractivity (Wildman–Crippen MR) is 60.8 cm³/mol. The van der Waals surface area contributed by atoms with Crippen molar-refractivity contribution >= 4 is 5.82 Å². The van der Waals surface area contributed by atoms with Crippen LogP contribution in [0.1, 0.15) is 26.0 Å². The zero-order valence-electron chi connectivity index (χ0n) is 9.40. The van der Waals surface area contributed by atoms with Crippen molar-refractivity contribution in [2.24, 2.45) is 5.92 Å². The third-order valence-corrected chi connectivity index (χ3v) is 1.98. The van der Waals surface area contributed by atoms with E-state index >= 15 is 0 Å². The molecule has 0 bridgehead atoms. The van der Waals surface area contributed by atoms with Crippen LogP contribution in [0.4, 0.5) is 5.82 Å². The number of nitrogens with one attached hydrogen (secondary N) is 1. The Morgan fingerprint density at radius 3 is 2.67 bits per heavy atom. The third-order valence-electron chi connectivity index (χ3n) is 1.98. The Balaban J connectivity index is 2.42. The number of nitrogens with zero attached hydrogens (tertiary/aromatic N) is 2. The Morgan fingerprint density at radius 1 is 1.33 bits per heavy atom. The lowest BCUT2D eigenvalue weighted by Gasteiger charge is -2.05. The molecule has 0 saturated carbocycles. The second kappa shape index (κ2) is 6.35. The van der Waals surface area contributed by atoms with E-state index in [-0.39, 0.29) is 6.61 Å². The van der Waals surface area contributed by atoms with E-state index in [0.717, 1.165) is 30.9 Å². The van der Waals surface area contributed by atoms with Crippen molar-refractivity contribution in [2.75, 3.05) is 18.5 Å². The molecule has 0 aliphatic carbocycles. The van der Waals surface area contributed by atoms with E-state index in [2.05, 4.69) is 29.4 Å². The maximum Gasteiger partial charge on any atom is 0.148 e. The summed E-state index contributed by atoms with van der Waals surface area (Å²) in [7, 11) is 0. The molecule has 1 aromatic heterocycles. The van der Waals surface area contributed by atoms with Crippen LogP contribution in [-0.4, -0.2) is 28.5 Å². The molecule has 0 aromatic carbocycles. The van der Waals surface area contributed by atoms with Gasteiger partial charge in [0.1, 0.15) is 5.82 Å². The summed E-state index contributed by atoms with van der Waals surface area (Å²) in [5, 5.41) is 19.9. The third kappa shape index (κ3) is 4.74. The standard InChI is InChI=1S/C11H19N3O/c1-9(2)8-10-4-5-11(14-13-10)12-6-3-7-15/h4-5,9,15H,3,6-8H2,1-2H3,(H,12,14). The van der Waals surface area contributed by atoms with Gasteiger partial charge >= 0.3 is 0 Å². The maximum absolute atomic E-state index is 8.61. The molecule has 84 valence electrons. The maximum atomic E-state index is 8.61. The molecule has 0 spiro atoms. The summed E-state index contributed by atoms with van der Waals surface area (Å²) in [5.74, 6) is 1.38. The summed E-state index contributed by atoms with van der Waals surface area (Å²) in [5.41, 5.74) is 1.03. The summed E-state index contributed by atoms with van der Waals surface area (Å²) in [6.45, 7) is 5.25. The van der Waals surface area contributed by atoms with Gasteiger partial charge in [-0.2, -0.15) is 5.10 Å². The van der Waals surface area contributed by atoms with Crippen molar-refractivity contribution in [1.29, 1.82) is 0 Å². The highest BCUT2D eigenvalue weighted by molar-refractivity contribution is 5.32. The molecule has 15 heavy (non-hydrogen) atoms. The number of aromatic nitrogens is 2. The van der Waals surface area contributed by atoms with E-state index in [4.69, 9.17) is 5.11 Å². The molecule has 1 aromatic rings. The van der Waals surface area contributed by atoms with Crippen molar-refractivity contribution in [1.82, 2.24) is 10.2 Å². The SMILES string of the molecule is CC(C)Cc1ccc(NCCCO)nn1. The van der Waals surface area contributed by atoms with Crippen LogP contribution in [0.25, 0.3) is 0 Å². The van der Waals surface area contributed by atoms with Crippen LogP contribution >= 0.6 is 0 Å². The van der Waals surface area contributed by atoms with Gasteiger partial charge < -0.3 is 10.4 Å². The van der Waals surface area contributed by atoms with Crippen molar-refractivity contribution in [2.45, 2.75) is 26.7 Å². The van der Waals surface area contributed by atoms with Gasteiger partial charge in [-0.15, -0.1) is 5.10 Å². The predicted octanol–water partition coefficient (Wildman–Crippen LogP) is 1.47. The van der Waals surface area contributed by atoms with Gasteiger partial charge in [0.2, 0.25) is 0 Å². The van der Waals surface area contributed by atoms with Gasteiger partial charge in [0.05, 0.1) is 5.69 Å². The Labute approximate surface area is 90.7 Å². The van der Waals surface area contributed by atoms with Gasteiger partial charge in [0.15, 0.2) is 0 Å². The summed E-state index contributed by atoms with van der Waals surface area (Å²) in [4.78, 5) is 0. The van der Waals surface area contributed by atoms with E-state index in [1.165, 1.54) is 0 Å². The summed E-state index contributed by atoms with van der Waals surface area (Å²) < 4.78 is 0. The van der Waals surface area contributed by atoms with Crippen LogP contribution in [-0.2, 0) is 6.42 Å². The highest BCUT2D eigenvalue weighted by atomic mass is 16.3. The number of aliphatic hydroxyl groups is 1. The van der Waals surface area contributed by atoms with Crippen molar-refractivity contribution in [3.8, 4) is 0 Å². The van der Waals surface area contributed by atoms with E-state index in [9.17, 15) is 0 Å². The zero-order chi connectivity index (χ0) is 11.1. The number of aliphatic hydroxyl groups excluding tert-OH is 1. The van der Waals surface area contributed by atoms with E-state index in [1.54, 1.807) is 0 Å². The lowest BCUT2D eigenvalue weighted by molar-refractivity contribution is 0.292. The van der Waals surface area contributed by atoms with Gasteiger partial charge in [0.25, 0.3) is 0 Å². The monoisotopic (exact) mass is 209 g/mol. The van der Waals surface area contributed by atoms with Crippen LogP contribution in [0.5, 0.6) is 0 Å². The highest BCUT2D eigenvalue weighted by Crippen LogP contribution is 2.06. The van der Waals surface area contributed by atoms with Gasteiger partial charge in [-0.25, -0.2) is 0 Å². The van der Waals surface area contributed by atoms with Crippen molar-refractivity contribution < 1.29 is 5.11 Å². The molecule has 1 rings (SSSR count). The second-order valence-electron chi connectivity index (χ2n) is 4.01. The fourth-order valence-corrected chi connectivity index (χ4v) is 1.28. The number of hydrogen-bond donors (Lipinski definition) is 2. The average molecular weight is 209 g/mol. The van der Waals surface area contributed by atoms with Gasteiger partial charge in [-0.3, -0.25) is 0 Å². The van der Waals surface area contributed by atoms with E-state index in [1.807, 2.05) is 12.1 Å². The Bertz CT molecular complexity index is 272. The average Bonchev–Trinajstić information content (AvgIpc) is 2.20. The van der Waals surface area contributed by atoms with Gasteiger partial charge in [-0.05, 0) is 30.9 Å². The molecule has 0 unspecified atom stereocenters. The first-order valence-electron chi connectivity index (χ1n) is 5.39. The molecule has 4 heteroatoms. The number of anilines is 1. The fraction of sp³-hybridized carbons (Fsp3) is 0.636. The lowest BCUT2D eigenvalue weighted by Crippen LogP contribution is -2.07. The molecule has 1 heterocycles. The topological polar surface area (TPSA) is 58.0 Å². The van der Waals surface area contributed by atoms with Crippen LogP contribution in [0.15, 0.2) is 12.1 Å². The van der Waals surface area contributed by atoms with Gasteiger partial charge in [0, 0.05) is 13.2 Å². The lowest BCUT2D eigenvalue weighted by atomic mass is 10.1. The molecule has 0 aliphatic rings. The molecule has 0 aliphatic heterocycles. The molecule has 0 amide bonds. The van der Waals surface area contributed by atoms with Crippen molar-refractivity contribution in [3.63, 3.8) is 0 Å². The smallest absolute Gasteiger partial charge is 0.148 e. The molecular weight excluding hydrogens is 190 g/mol. The van der Waals surface area contributed by atoms with E-state index in [0.29, 0.717) is 5.92 Å². The molecule has 2 N–H and O–H groups in total. The fourth-order valence-electron chi connectivity index (χ4n) is 1.28. The highest BCUT2D eigenvalue weighted by Gasteiger charge is 2.00. The Hall–Kier alpha value is -1.16. The molecular formula is C11H19N3O. The molecule has 0 atom stereocenters. The minimum Gasteiger partial charge on any atom is -0.396 e. The minimum atomic E-state index is 0.200. The van der Waals surface area contributed by atoms with Crippen LogP contribution in [0.3, 0.4) is 0 Å². The second-order valence-corrected chi connectivity index (χ2v) is 4.01. The molecule has 0 radical (unpaired) electrons. The van der Waals surface area contributed by atoms with Crippen LogP contribution < -0.4 is 5.32 Å². The largest absolute Gasteiger partial charge is 0.396 e. The Kier molecular flexibility index (Phi) is 5.04. The minimum absolute atomic E-state index is 0.200. The summed E-state index contributed by atoms with van der Waals surface area (Å²) >= 11 is 0. The van der Waals surface area contributed by atoms with E-state index < -0.39 is 0 Å². The quantitative estimate of drug-likeness (QED) is 0.697. The summed E-state index contributed by atoms with van der Waals surface area (Å²) in [6.07, 6.45) is 1.69. The molecule has 0 saturated heterocycles. The van der Waals surface area contributed by atoms with Crippen LogP contribution in [0.2, 0.25) is 0 Å². The molecule has 0 fully saturated rings.